The molecule has 11 heteroatoms. The van der Waals surface area contributed by atoms with E-state index in [1.807, 2.05) is 0 Å². The van der Waals surface area contributed by atoms with Crippen molar-refractivity contribution in [1.29, 1.82) is 0 Å². The van der Waals surface area contributed by atoms with Crippen LogP contribution in [-0.2, 0) is 24.0 Å². The van der Waals surface area contributed by atoms with E-state index in [4.69, 9.17) is 22.3 Å². The molecule has 1 rings (SSSR count). The molecule has 140 valence electrons. The predicted molar refractivity (Wildman–Crippen MR) is 84.5 cm³/mol. The first kappa shape index (κ1) is 20.4. The molecule has 0 bridgehead atoms. The fourth-order valence-corrected chi connectivity index (χ4v) is 2.60. The van der Waals surface area contributed by atoms with Crippen LogP contribution in [0.15, 0.2) is 0 Å². The van der Waals surface area contributed by atoms with E-state index in [-0.39, 0.29) is 25.8 Å². The maximum atomic E-state index is 12.5. The molecule has 1 heterocycles. The van der Waals surface area contributed by atoms with Crippen molar-refractivity contribution in [3.63, 3.8) is 0 Å². The molecule has 3 atom stereocenters. The van der Waals surface area contributed by atoms with Gasteiger partial charge >= 0.3 is 5.97 Å². The van der Waals surface area contributed by atoms with Crippen LogP contribution in [0.2, 0.25) is 0 Å². The van der Waals surface area contributed by atoms with Crippen LogP contribution in [0.5, 0.6) is 0 Å². The molecule has 0 radical (unpaired) electrons. The van der Waals surface area contributed by atoms with Gasteiger partial charge in [-0.25, -0.2) is 4.79 Å². The van der Waals surface area contributed by atoms with Gasteiger partial charge in [0.25, 0.3) is 0 Å². The molecule has 0 saturated carbocycles. The highest BCUT2D eigenvalue weighted by Gasteiger charge is 2.38. The molecule has 1 fully saturated rings. The van der Waals surface area contributed by atoms with E-state index < -0.39 is 54.1 Å². The minimum atomic E-state index is -1.32. The van der Waals surface area contributed by atoms with Crippen molar-refractivity contribution in [3.8, 4) is 0 Å². The fourth-order valence-electron chi connectivity index (χ4n) is 2.60. The molecule has 4 amide bonds. The molecule has 1 aliphatic heterocycles. The van der Waals surface area contributed by atoms with Crippen molar-refractivity contribution in [3.05, 3.63) is 0 Å². The van der Waals surface area contributed by atoms with E-state index in [0.29, 0.717) is 6.42 Å². The van der Waals surface area contributed by atoms with Gasteiger partial charge in [0, 0.05) is 13.0 Å². The lowest BCUT2D eigenvalue weighted by Gasteiger charge is -2.27. The van der Waals surface area contributed by atoms with Crippen molar-refractivity contribution in [2.24, 2.45) is 17.2 Å². The first-order valence-corrected chi connectivity index (χ1v) is 7.79. The molecule has 0 aromatic rings. The zero-order valence-corrected chi connectivity index (χ0v) is 13.6. The summed E-state index contributed by atoms with van der Waals surface area (Å²) in [5, 5.41) is 11.5. The summed E-state index contributed by atoms with van der Waals surface area (Å²) in [7, 11) is 0. The van der Waals surface area contributed by atoms with Gasteiger partial charge in [-0.1, -0.05) is 0 Å². The Morgan fingerprint density at radius 1 is 1.16 bits per heavy atom. The number of nitrogens with zero attached hydrogens (tertiary/aromatic N) is 1. The number of rotatable bonds is 9. The summed E-state index contributed by atoms with van der Waals surface area (Å²) in [6.45, 7) is 0.203. The summed E-state index contributed by atoms with van der Waals surface area (Å²) >= 11 is 0. The zero-order chi connectivity index (χ0) is 19.1. The number of amides is 4. The molecular formula is C14H23N5O6. The Morgan fingerprint density at radius 2 is 1.80 bits per heavy atom. The maximum absolute atomic E-state index is 12.5. The van der Waals surface area contributed by atoms with Crippen molar-refractivity contribution in [1.82, 2.24) is 10.2 Å². The topological polar surface area (TPSA) is 199 Å². The third kappa shape index (κ3) is 6.03. The number of carboxylic acid groups (broad SMARTS) is 1. The Labute approximate surface area is 143 Å². The van der Waals surface area contributed by atoms with Crippen molar-refractivity contribution >= 4 is 29.6 Å². The van der Waals surface area contributed by atoms with Crippen LogP contribution in [0.4, 0.5) is 0 Å². The minimum absolute atomic E-state index is 0.0277. The van der Waals surface area contributed by atoms with Crippen molar-refractivity contribution in [2.45, 2.75) is 50.2 Å². The Bertz CT molecular complexity index is 566. The second kappa shape index (κ2) is 8.97. The lowest BCUT2D eigenvalue weighted by molar-refractivity contribution is -0.149. The van der Waals surface area contributed by atoms with Crippen molar-refractivity contribution < 1.29 is 29.1 Å². The normalized spacial score (nSPS) is 19.1. The molecule has 8 N–H and O–H groups in total. The molecule has 0 aromatic carbocycles. The Hall–Kier alpha value is -2.69. The Balaban J connectivity index is 2.80. The number of hydrogen-bond donors (Lipinski definition) is 5. The van der Waals surface area contributed by atoms with Crippen molar-refractivity contribution in [2.75, 3.05) is 6.54 Å². The molecule has 1 aliphatic rings. The number of carboxylic acids is 1. The third-order valence-electron chi connectivity index (χ3n) is 3.88. The van der Waals surface area contributed by atoms with E-state index in [1.54, 1.807) is 0 Å². The first-order valence-electron chi connectivity index (χ1n) is 7.79. The largest absolute Gasteiger partial charge is 0.480 e. The second-order valence-corrected chi connectivity index (χ2v) is 5.87. The van der Waals surface area contributed by atoms with Crippen LogP contribution in [0.1, 0.15) is 32.1 Å². The number of nitrogens with one attached hydrogen (secondary N) is 1. The Morgan fingerprint density at radius 3 is 2.32 bits per heavy atom. The molecule has 25 heavy (non-hydrogen) atoms. The molecule has 0 aromatic heterocycles. The smallest absolute Gasteiger partial charge is 0.326 e. The zero-order valence-electron chi connectivity index (χ0n) is 13.6. The monoisotopic (exact) mass is 357 g/mol. The SMILES string of the molecule is NC(=O)CC[C@H](N)C(=O)N[C@@H](CC(N)=O)C(=O)N1CCC[C@@H]1C(=O)O. The van der Waals surface area contributed by atoms with E-state index in [2.05, 4.69) is 5.32 Å². The molecule has 0 spiro atoms. The standard InChI is InChI=1S/C14H23N5O6/c15-7(3-4-10(16)20)12(22)18-8(6-11(17)21)13(23)19-5-1-2-9(19)14(24)25/h7-9H,1-6,15H2,(H2,16,20)(H2,17,21)(H,18,22)(H,24,25)/t7-,8-,9+/m0/s1. The summed E-state index contributed by atoms with van der Waals surface area (Å²) in [6.07, 6.45) is 0.154. The number of aliphatic carboxylic acids is 1. The van der Waals surface area contributed by atoms with Gasteiger partial charge in [-0.05, 0) is 19.3 Å². The molecule has 1 saturated heterocycles. The van der Waals surface area contributed by atoms with E-state index in [1.165, 1.54) is 0 Å². The predicted octanol–water partition coefficient (Wildman–Crippen LogP) is -2.98. The summed E-state index contributed by atoms with van der Waals surface area (Å²) in [4.78, 5) is 58.8. The molecule has 0 aliphatic carbocycles. The number of likely N-dealkylation sites (tertiary alicyclic amines) is 1. The maximum Gasteiger partial charge on any atom is 0.326 e. The van der Waals surface area contributed by atoms with Gasteiger partial charge in [0.15, 0.2) is 0 Å². The van der Waals surface area contributed by atoms with Gasteiger partial charge in [-0.15, -0.1) is 0 Å². The average molecular weight is 357 g/mol. The summed E-state index contributed by atoms with van der Waals surface area (Å²) in [5.41, 5.74) is 15.7. The lowest BCUT2D eigenvalue weighted by atomic mass is 10.1. The van der Waals surface area contributed by atoms with Crippen LogP contribution >= 0.6 is 0 Å². The molecule has 0 unspecified atom stereocenters. The first-order chi connectivity index (χ1) is 11.6. The van der Waals surface area contributed by atoms with Gasteiger partial charge in [-0.3, -0.25) is 19.2 Å². The van der Waals surface area contributed by atoms with Gasteiger partial charge in [0.05, 0.1) is 12.5 Å². The number of nitrogens with two attached hydrogens (primary N) is 3. The van der Waals surface area contributed by atoms with E-state index in [9.17, 15) is 24.0 Å². The van der Waals surface area contributed by atoms with Crippen LogP contribution in [0, 0.1) is 0 Å². The van der Waals surface area contributed by atoms with Gasteiger partial charge in [-0.2, -0.15) is 0 Å². The van der Waals surface area contributed by atoms with Gasteiger partial charge in [0.2, 0.25) is 23.6 Å². The van der Waals surface area contributed by atoms with Gasteiger partial charge in [0.1, 0.15) is 12.1 Å². The summed E-state index contributed by atoms with van der Waals surface area (Å²) < 4.78 is 0. The quantitative estimate of drug-likeness (QED) is 0.289. The summed E-state index contributed by atoms with van der Waals surface area (Å²) in [5.74, 6) is -4.09. The number of carbonyl (C=O) groups is 5. The highest BCUT2D eigenvalue weighted by atomic mass is 16.4. The lowest BCUT2D eigenvalue weighted by Crippen LogP contribution is -2.55. The number of hydrogen-bond acceptors (Lipinski definition) is 6. The molecular weight excluding hydrogens is 334 g/mol. The second-order valence-electron chi connectivity index (χ2n) is 5.87. The molecule has 11 nitrogen and oxygen atoms in total. The number of carbonyl (C=O) groups excluding carboxylic acids is 4. The van der Waals surface area contributed by atoms with Crippen LogP contribution in [0.25, 0.3) is 0 Å². The Kier molecular flexibility index (Phi) is 7.30. The van der Waals surface area contributed by atoms with Crippen LogP contribution in [-0.4, -0.2) is 64.3 Å². The third-order valence-corrected chi connectivity index (χ3v) is 3.88. The fraction of sp³-hybridized carbons (Fsp3) is 0.643. The summed E-state index contributed by atoms with van der Waals surface area (Å²) in [6, 6.07) is -3.43. The van der Waals surface area contributed by atoms with Gasteiger partial charge < -0.3 is 32.5 Å². The van der Waals surface area contributed by atoms with Crippen LogP contribution < -0.4 is 22.5 Å². The minimum Gasteiger partial charge on any atom is -0.480 e. The van der Waals surface area contributed by atoms with E-state index in [0.717, 1.165) is 4.90 Å². The van der Waals surface area contributed by atoms with E-state index >= 15 is 0 Å². The highest BCUT2D eigenvalue weighted by Crippen LogP contribution is 2.19. The number of primary amides is 2. The van der Waals surface area contributed by atoms with Crippen LogP contribution in [0.3, 0.4) is 0 Å². The highest BCUT2D eigenvalue weighted by molar-refractivity contribution is 5.95. The average Bonchev–Trinajstić information content (AvgIpc) is 3.00.